The van der Waals surface area contributed by atoms with Gasteiger partial charge in [-0.05, 0) is 107 Å². The number of fused-ring (bicyclic) bond motifs is 2. The van der Waals surface area contributed by atoms with Gasteiger partial charge in [0.2, 0.25) is 5.69 Å². The van der Waals surface area contributed by atoms with E-state index in [1.165, 1.54) is 11.3 Å². The lowest BCUT2D eigenvalue weighted by Gasteiger charge is -2.26. The number of esters is 1. The lowest BCUT2D eigenvalue weighted by Crippen LogP contribution is -2.27. The molecule has 2 heterocycles. The molecule has 1 unspecified atom stereocenters. The second-order valence-electron chi connectivity index (χ2n) is 14.9. The highest BCUT2D eigenvalue weighted by molar-refractivity contribution is 6.30. The average Bonchev–Trinajstić information content (AvgIpc) is 3.44. The normalized spacial score (nSPS) is 18.9. The summed E-state index contributed by atoms with van der Waals surface area (Å²) in [6.07, 6.45) is 12.4. The molecule has 0 bridgehead atoms. The molecule has 0 saturated heterocycles. The highest BCUT2D eigenvalue weighted by Crippen LogP contribution is 2.48. The van der Waals surface area contributed by atoms with E-state index >= 15 is 0 Å². The van der Waals surface area contributed by atoms with E-state index in [1.807, 2.05) is 31.3 Å². The van der Waals surface area contributed by atoms with Gasteiger partial charge in [-0.1, -0.05) is 60.5 Å². The van der Waals surface area contributed by atoms with Gasteiger partial charge in [0.25, 0.3) is 0 Å². The standard InChI is InChI=1S/C44H47ClN2O4/c1-43(2)34-19-11-12-20-37(34)47(28-13-7-10-21-40(48)51-33-17-8-6-9-18-33)39(43)27-24-31-16-14-15-30(41(31)45)23-26-38-44(3,4)35-29-32(42(49)50)22-25-36(35)46(38)5/h6,8-9,11-12,17-20,22-26,29,31H,7,10,13-16,21,28H2,1-5H3/p+1/b26-23+. The van der Waals surface area contributed by atoms with Crippen LogP contribution in [0.5, 0.6) is 5.75 Å². The van der Waals surface area contributed by atoms with Crippen LogP contribution in [0.15, 0.2) is 113 Å². The minimum absolute atomic E-state index is 0.0687. The van der Waals surface area contributed by atoms with Crippen LogP contribution in [0.2, 0.25) is 0 Å². The van der Waals surface area contributed by atoms with Crippen LogP contribution in [0, 0.1) is 5.92 Å². The number of allylic oxidation sites excluding steroid dienone is 5. The first kappa shape index (κ1) is 36.2. The van der Waals surface area contributed by atoms with Gasteiger partial charge in [-0.25, -0.2) is 4.79 Å². The number of unbranched alkanes of at least 4 members (excludes halogenated alkanes) is 2. The smallest absolute Gasteiger partial charge is 0.335 e. The maximum atomic E-state index is 12.4. The predicted molar refractivity (Wildman–Crippen MR) is 206 cm³/mol. The number of rotatable bonds is 11. The molecule has 1 N–H and O–H groups in total. The molecule has 7 heteroatoms. The Balaban J connectivity index is 1.18. The third kappa shape index (κ3) is 7.40. The second-order valence-corrected chi connectivity index (χ2v) is 15.3. The second kappa shape index (κ2) is 14.9. The number of para-hydroxylation sites is 2. The Bertz CT molecular complexity index is 2000. The fourth-order valence-corrected chi connectivity index (χ4v) is 8.17. The van der Waals surface area contributed by atoms with E-state index in [4.69, 9.17) is 16.3 Å². The lowest BCUT2D eigenvalue weighted by molar-refractivity contribution is -0.401. The molecule has 6 nitrogen and oxygen atoms in total. The number of ether oxygens (including phenoxy) is 1. The van der Waals surface area contributed by atoms with Crippen LogP contribution >= 0.6 is 11.6 Å². The third-order valence-electron chi connectivity index (χ3n) is 10.7. The minimum Gasteiger partial charge on any atom is -0.478 e. The fourth-order valence-electron chi connectivity index (χ4n) is 7.85. The Labute approximate surface area is 307 Å². The number of hydrogen-bond acceptors (Lipinski definition) is 4. The van der Waals surface area contributed by atoms with E-state index in [0.29, 0.717) is 17.7 Å². The molecule has 3 aromatic carbocycles. The summed E-state index contributed by atoms with van der Waals surface area (Å²) in [5, 5.41) is 10.4. The Morgan fingerprint density at radius 1 is 0.961 bits per heavy atom. The maximum Gasteiger partial charge on any atom is 0.335 e. The Kier molecular flexibility index (Phi) is 10.6. The van der Waals surface area contributed by atoms with Crippen molar-refractivity contribution in [3.8, 4) is 5.75 Å². The number of halogens is 1. The summed E-state index contributed by atoms with van der Waals surface area (Å²) in [7, 11) is 2.04. The Morgan fingerprint density at radius 3 is 2.47 bits per heavy atom. The van der Waals surface area contributed by atoms with Gasteiger partial charge in [0.15, 0.2) is 5.71 Å². The van der Waals surface area contributed by atoms with E-state index in [9.17, 15) is 14.7 Å². The molecule has 0 radical (unpaired) electrons. The first-order valence-corrected chi connectivity index (χ1v) is 18.4. The van der Waals surface area contributed by atoms with Crippen molar-refractivity contribution in [3.63, 3.8) is 0 Å². The molecule has 0 aromatic heterocycles. The Hall–Kier alpha value is -4.64. The maximum absolute atomic E-state index is 12.4. The van der Waals surface area contributed by atoms with Crippen LogP contribution in [-0.2, 0) is 15.6 Å². The highest BCUT2D eigenvalue weighted by Gasteiger charge is 2.43. The van der Waals surface area contributed by atoms with E-state index in [-0.39, 0.29) is 22.7 Å². The molecule has 1 atom stereocenters. The Morgan fingerprint density at radius 2 is 1.71 bits per heavy atom. The number of nitrogens with zero attached hydrogens (tertiary/aromatic N) is 2. The molecule has 0 fully saturated rings. The highest BCUT2D eigenvalue weighted by atomic mass is 35.5. The summed E-state index contributed by atoms with van der Waals surface area (Å²) in [6.45, 7) is 9.65. The van der Waals surface area contributed by atoms with Gasteiger partial charge < -0.3 is 14.7 Å². The minimum atomic E-state index is -0.917. The fraction of sp³-hybridized carbons (Fsp3) is 0.364. The summed E-state index contributed by atoms with van der Waals surface area (Å²) in [6, 6.07) is 23.2. The molecular weight excluding hydrogens is 656 g/mol. The van der Waals surface area contributed by atoms with Gasteiger partial charge in [-0.2, -0.15) is 4.58 Å². The number of carboxylic acids is 1. The number of benzene rings is 3. The van der Waals surface area contributed by atoms with E-state index < -0.39 is 5.97 Å². The molecule has 1 aliphatic carbocycles. The van der Waals surface area contributed by atoms with Crippen LogP contribution in [0.4, 0.5) is 11.4 Å². The van der Waals surface area contributed by atoms with Gasteiger partial charge in [0.05, 0.1) is 16.7 Å². The van der Waals surface area contributed by atoms with Crippen LogP contribution in [0.3, 0.4) is 0 Å². The molecule has 0 amide bonds. The topological polar surface area (TPSA) is 69.8 Å². The lowest BCUT2D eigenvalue weighted by atomic mass is 9.80. The largest absolute Gasteiger partial charge is 0.478 e. The van der Waals surface area contributed by atoms with Gasteiger partial charge in [0, 0.05) is 52.7 Å². The van der Waals surface area contributed by atoms with Crippen molar-refractivity contribution in [1.82, 2.24) is 0 Å². The van der Waals surface area contributed by atoms with Gasteiger partial charge in [-0.3, -0.25) is 4.79 Å². The number of aromatic carboxylic acids is 1. The molecule has 0 spiro atoms. The first-order valence-electron chi connectivity index (χ1n) is 18.0. The molecular formula is C44H48ClN2O4+. The van der Waals surface area contributed by atoms with Crippen molar-refractivity contribution in [2.24, 2.45) is 5.92 Å². The van der Waals surface area contributed by atoms with Gasteiger partial charge in [0.1, 0.15) is 12.8 Å². The summed E-state index contributed by atoms with van der Waals surface area (Å²) in [4.78, 5) is 26.4. The van der Waals surface area contributed by atoms with Crippen molar-refractivity contribution in [2.75, 3.05) is 18.5 Å². The average molecular weight is 704 g/mol. The number of anilines is 1. The monoisotopic (exact) mass is 703 g/mol. The first-order chi connectivity index (χ1) is 24.4. The van der Waals surface area contributed by atoms with E-state index in [2.05, 4.69) is 85.4 Å². The van der Waals surface area contributed by atoms with Crippen molar-refractivity contribution in [1.29, 1.82) is 0 Å². The van der Waals surface area contributed by atoms with E-state index in [0.717, 1.165) is 78.3 Å². The third-order valence-corrected chi connectivity index (χ3v) is 11.2. The number of carboxylic acid groups (broad SMARTS) is 1. The molecule has 0 saturated carbocycles. The number of carbonyl (C=O) groups excluding carboxylic acids is 1. The number of carbonyl (C=O) groups is 2. The van der Waals surface area contributed by atoms with Gasteiger partial charge >= 0.3 is 11.9 Å². The van der Waals surface area contributed by atoms with Crippen molar-refractivity contribution in [3.05, 3.63) is 130 Å². The molecule has 2 aliphatic heterocycles. The molecule has 3 aliphatic rings. The predicted octanol–water partition coefficient (Wildman–Crippen LogP) is 10.2. The quantitative estimate of drug-likeness (QED) is 0.0708. The zero-order valence-corrected chi connectivity index (χ0v) is 31.1. The van der Waals surface area contributed by atoms with Crippen LogP contribution in [0.25, 0.3) is 0 Å². The van der Waals surface area contributed by atoms with Crippen LogP contribution < -0.4 is 9.64 Å². The van der Waals surface area contributed by atoms with Crippen molar-refractivity contribution >= 4 is 40.6 Å². The van der Waals surface area contributed by atoms with Crippen LogP contribution in [-0.4, -0.2) is 40.9 Å². The number of hydrogen-bond donors (Lipinski definition) is 1. The van der Waals surface area contributed by atoms with Crippen molar-refractivity contribution < 1.29 is 24.0 Å². The van der Waals surface area contributed by atoms with E-state index in [1.54, 1.807) is 24.3 Å². The molecule has 3 aromatic rings. The van der Waals surface area contributed by atoms with Crippen molar-refractivity contribution in [2.45, 2.75) is 83.5 Å². The molecule has 6 rings (SSSR count). The SMILES string of the molecule is C[N+]1=C(/C=C/C2=C(Cl)C(C=C=C3N(CCCCCC(=O)Oc4ccccc4)c4ccccc4C3(C)C)CCC2)C(C)(C)c2cc(C(=O)O)ccc21. The zero-order chi connectivity index (χ0) is 36.3. The summed E-state index contributed by atoms with van der Waals surface area (Å²) in [5.74, 6) is -0.455. The summed E-state index contributed by atoms with van der Waals surface area (Å²) < 4.78 is 7.62. The molecule has 51 heavy (non-hydrogen) atoms. The molecule has 264 valence electrons. The summed E-state index contributed by atoms with van der Waals surface area (Å²) >= 11 is 7.17. The van der Waals surface area contributed by atoms with Crippen LogP contribution in [0.1, 0.15) is 94.1 Å². The summed E-state index contributed by atoms with van der Waals surface area (Å²) in [5.41, 5.74) is 11.4. The zero-order valence-electron chi connectivity index (χ0n) is 30.3. The van der Waals surface area contributed by atoms with Gasteiger partial charge in [-0.15, -0.1) is 5.73 Å².